The van der Waals surface area contributed by atoms with E-state index in [1.165, 1.54) is 10.9 Å². The minimum absolute atomic E-state index is 1.13. The Morgan fingerprint density at radius 2 is 1.33 bits per heavy atom. The van der Waals surface area contributed by atoms with E-state index in [4.69, 9.17) is 0 Å². The highest BCUT2D eigenvalue weighted by molar-refractivity contribution is 6.32. The Balaban J connectivity index is 3.75. The van der Waals surface area contributed by atoms with E-state index in [-0.39, 0.29) is 0 Å². The topological polar surface area (TPSA) is 0 Å². The van der Waals surface area contributed by atoms with Gasteiger partial charge in [0.2, 0.25) is 0 Å². The van der Waals surface area contributed by atoms with E-state index in [1.54, 1.807) is 0 Å². The summed E-state index contributed by atoms with van der Waals surface area (Å²) in [5, 5.41) is 0. The Labute approximate surface area is 61.4 Å². The third-order valence-corrected chi connectivity index (χ3v) is 1.54. The van der Waals surface area contributed by atoms with E-state index in [9.17, 15) is 0 Å². The van der Waals surface area contributed by atoms with Crippen molar-refractivity contribution in [2.45, 2.75) is 6.42 Å². The third-order valence-electron chi connectivity index (χ3n) is 1.54. The van der Waals surface area contributed by atoms with Crippen LogP contribution in [0.15, 0.2) is 22.9 Å². The lowest BCUT2D eigenvalue weighted by molar-refractivity contribution is 1.33. The van der Waals surface area contributed by atoms with Crippen LogP contribution in [0.25, 0.3) is 0 Å². The Bertz CT molecular complexity index is 120. The molecule has 44 valence electrons. The van der Waals surface area contributed by atoms with Crippen molar-refractivity contribution in [3.8, 4) is 0 Å². The summed E-state index contributed by atoms with van der Waals surface area (Å²) in [7, 11) is 8.48. The summed E-state index contributed by atoms with van der Waals surface area (Å²) in [6, 6.07) is 0. The zero-order chi connectivity index (χ0) is 7.28. The van der Waals surface area contributed by atoms with Gasteiger partial charge >= 0.3 is 0 Å². The SMILES string of the molecule is B/C=C(\B)C/C(B)=C/B. The number of rotatable bonds is 2. The third kappa shape index (κ3) is 4.26. The second-order valence-corrected chi connectivity index (χ2v) is 2.45. The van der Waals surface area contributed by atoms with Crippen molar-refractivity contribution in [2.75, 3.05) is 0 Å². The monoisotopic (exact) mass is 116 g/mol. The molecule has 0 rings (SSSR count). The van der Waals surface area contributed by atoms with Gasteiger partial charge < -0.3 is 0 Å². The molecule has 0 aromatic heterocycles. The normalized spacial score (nSPS) is 13.8. The van der Waals surface area contributed by atoms with Crippen LogP contribution in [0, 0.1) is 0 Å². The van der Waals surface area contributed by atoms with Crippen LogP contribution in [-0.4, -0.2) is 31.4 Å². The molecule has 0 spiro atoms. The van der Waals surface area contributed by atoms with Gasteiger partial charge in [0.05, 0.1) is 0 Å². The summed E-state index contributed by atoms with van der Waals surface area (Å²) in [5.41, 5.74) is 2.90. The van der Waals surface area contributed by atoms with Gasteiger partial charge in [-0.25, -0.2) is 0 Å². The second kappa shape index (κ2) is 4.60. The van der Waals surface area contributed by atoms with E-state index in [0.717, 1.165) is 6.42 Å². The van der Waals surface area contributed by atoms with Crippen LogP contribution >= 0.6 is 0 Å². The summed E-state index contributed by atoms with van der Waals surface area (Å²) in [6.45, 7) is 0. The van der Waals surface area contributed by atoms with Gasteiger partial charge in [0, 0.05) is 0 Å². The summed E-state index contributed by atoms with van der Waals surface area (Å²) >= 11 is 0. The lowest BCUT2D eigenvalue weighted by Gasteiger charge is -1.98. The van der Waals surface area contributed by atoms with Crippen molar-refractivity contribution in [1.29, 1.82) is 0 Å². The van der Waals surface area contributed by atoms with Gasteiger partial charge in [0.25, 0.3) is 0 Å². The van der Waals surface area contributed by atoms with E-state index in [1.807, 2.05) is 0 Å². The van der Waals surface area contributed by atoms with E-state index >= 15 is 0 Å². The first-order valence-corrected chi connectivity index (χ1v) is 3.44. The van der Waals surface area contributed by atoms with Gasteiger partial charge in [0.1, 0.15) is 31.4 Å². The van der Waals surface area contributed by atoms with E-state index in [0.29, 0.717) is 0 Å². The zero-order valence-corrected chi connectivity index (χ0v) is 6.86. The molecule has 0 aliphatic rings. The molecule has 0 fully saturated rings. The Morgan fingerprint density at radius 1 is 1.00 bits per heavy atom. The molecule has 0 heterocycles. The molecule has 0 amide bonds. The van der Waals surface area contributed by atoms with Crippen molar-refractivity contribution < 1.29 is 0 Å². The first-order valence-electron chi connectivity index (χ1n) is 3.44. The fourth-order valence-electron chi connectivity index (χ4n) is 0.644. The largest absolute Gasteiger partial charge is 0.133 e. The molecular weight excluding hydrogens is 103 g/mol. The van der Waals surface area contributed by atoms with Crippen LogP contribution < -0.4 is 0 Å². The molecule has 4 heteroatoms. The lowest BCUT2D eigenvalue weighted by Crippen LogP contribution is -1.87. The van der Waals surface area contributed by atoms with Gasteiger partial charge in [-0.3, -0.25) is 0 Å². The minimum Gasteiger partial charge on any atom is -0.133 e. The predicted octanol–water partition coefficient (Wildman–Crippen LogP) is -2.41. The van der Waals surface area contributed by atoms with Crippen LogP contribution in [-0.2, 0) is 0 Å². The van der Waals surface area contributed by atoms with Crippen molar-refractivity contribution in [1.82, 2.24) is 0 Å². The average molecular weight is 115 g/mol. The molecule has 0 aromatic rings. The molecular formula is C5H12B4. The van der Waals surface area contributed by atoms with Crippen molar-refractivity contribution in [2.24, 2.45) is 0 Å². The summed E-state index contributed by atoms with van der Waals surface area (Å²) in [4.78, 5) is 0. The molecule has 0 aromatic carbocycles. The van der Waals surface area contributed by atoms with Crippen LogP contribution in [0.5, 0.6) is 0 Å². The van der Waals surface area contributed by atoms with Gasteiger partial charge in [-0.05, 0) is 6.42 Å². The van der Waals surface area contributed by atoms with Crippen LogP contribution in [0.1, 0.15) is 6.42 Å². The maximum Gasteiger partial charge on any atom is 0.132 e. The van der Waals surface area contributed by atoms with Crippen LogP contribution in [0.4, 0.5) is 0 Å². The Kier molecular flexibility index (Phi) is 4.47. The molecule has 0 saturated heterocycles. The quantitative estimate of drug-likeness (QED) is 0.352. The maximum absolute atomic E-state index is 2.16. The van der Waals surface area contributed by atoms with Crippen molar-refractivity contribution >= 4 is 31.4 Å². The molecule has 0 aliphatic heterocycles. The molecule has 0 unspecified atom stereocenters. The van der Waals surface area contributed by atoms with Crippen LogP contribution in [0.2, 0.25) is 0 Å². The van der Waals surface area contributed by atoms with Gasteiger partial charge in [-0.1, -0.05) is 0 Å². The molecule has 0 aliphatic carbocycles. The fourth-order valence-corrected chi connectivity index (χ4v) is 0.644. The highest BCUT2D eigenvalue weighted by Gasteiger charge is 1.87. The van der Waals surface area contributed by atoms with Gasteiger partial charge in [-0.15, -0.1) is 22.9 Å². The average Bonchev–Trinajstić information content (AvgIpc) is 1.87. The first kappa shape index (κ1) is 8.74. The smallest absolute Gasteiger partial charge is 0.132 e. The second-order valence-electron chi connectivity index (χ2n) is 2.45. The zero-order valence-electron chi connectivity index (χ0n) is 6.86. The van der Waals surface area contributed by atoms with E-state index < -0.39 is 0 Å². The highest BCUT2D eigenvalue weighted by Crippen LogP contribution is 2.01. The van der Waals surface area contributed by atoms with Gasteiger partial charge in [-0.2, -0.15) is 0 Å². The molecule has 0 radical (unpaired) electrons. The van der Waals surface area contributed by atoms with E-state index in [2.05, 4.69) is 43.3 Å². The first-order chi connectivity index (χ1) is 4.20. The van der Waals surface area contributed by atoms with Gasteiger partial charge in [0.15, 0.2) is 0 Å². The maximum atomic E-state index is 2.16. The Morgan fingerprint density at radius 3 is 1.56 bits per heavy atom. The number of allylic oxidation sites excluding steroid dienone is 2. The summed E-state index contributed by atoms with van der Waals surface area (Å²) in [5.74, 6) is 4.32. The molecule has 0 bridgehead atoms. The highest BCUT2D eigenvalue weighted by atomic mass is 13.8. The molecule has 9 heavy (non-hydrogen) atoms. The summed E-state index contributed by atoms with van der Waals surface area (Å²) < 4.78 is 0. The summed E-state index contributed by atoms with van der Waals surface area (Å²) in [6.07, 6.45) is 1.13. The number of hydrogen-bond acceptors (Lipinski definition) is 0. The molecule has 0 atom stereocenters. The van der Waals surface area contributed by atoms with Crippen molar-refractivity contribution in [3.63, 3.8) is 0 Å². The van der Waals surface area contributed by atoms with Crippen molar-refractivity contribution in [3.05, 3.63) is 22.9 Å². The van der Waals surface area contributed by atoms with Crippen LogP contribution in [0.3, 0.4) is 0 Å². The Hall–Kier alpha value is -0.260. The standard InChI is InChI=1S/C5H12B4/c6-2-4(8)1-5(9)3-7/h2-3H,1,6-9H2/b4-2-,5-3-. The lowest BCUT2D eigenvalue weighted by atomic mass is 9.77. The predicted molar refractivity (Wildman–Crippen MR) is 55.0 cm³/mol. The fraction of sp³-hybridized carbons (Fsp3) is 0.200. The minimum atomic E-state index is 1.13. The number of hydrogen-bond donors (Lipinski definition) is 0. The molecule has 0 nitrogen and oxygen atoms in total. The molecule has 0 saturated carbocycles. The molecule has 0 N–H and O–H groups in total.